The molecule has 34 heavy (non-hydrogen) atoms. The Bertz CT molecular complexity index is 1340. The van der Waals surface area contributed by atoms with Gasteiger partial charge in [0.05, 0.1) is 0 Å². The number of hydrogen-bond donors (Lipinski definition) is 3. The molecule has 3 N–H and O–H groups in total. The molecule has 184 valence electrons. The number of thiophene rings is 1. The smallest absolute Gasteiger partial charge is 0.267 e. The maximum absolute atomic E-state index is 13.4. The zero-order chi connectivity index (χ0) is 25.4. The number of nitrogens with zero attached hydrogens (tertiary/aromatic N) is 1. The molecule has 3 aromatic rings. The highest BCUT2D eigenvalue weighted by atomic mass is 35.5. The number of hydrogen-bond acceptors (Lipinski definition) is 7. The lowest BCUT2D eigenvalue weighted by Gasteiger charge is -2.29. The molecule has 11 heteroatoms. The molecular weight excluding hydrogens is 498 g/mol. The second-order valence-corrected chi connectivity index (χ2v) is 12.2. The summed E-state index contributed by atoms with van der Waals surface area (Å²) in [5, 5.41) is 16.2. The van der Waals surface area contributed by atoms with E-state index < -0.39 is 21.3 Å². The van der Waals surface area contributed by atoms with Crippen LogP contribution in [0.3, 0.4) is 0 Å². The van der Waals surface area contributed by atoms with E-state index in [1.54, 1.807) is 13.8 Å². The lowest BCUT2D eigenvalue weighted by Crippen LogP contribution is -2.24. The average molecular weight is 526 g/mol. The minimum absolute atomic E-state index is 0.00474. The number of nitrogens with one attached hydrogen (secondary N) is 2. The SMILES string of the molecule is Cc1cc(C)c(NC(=O)c2sc(C)cc2S(=O)(=O)Nc2onc(C)c2Cl)c(C(C)(C)CCO)c1. The van der Waals surface area contributed by atoms with Crippen LogP contribution in [0.15, 0.2) is 27.6 Å². The van der Waals surface area contributed by atoms with Crippen molar-refractivity contribution in [3.8, 4) is 0 Å². The number of anilines is 2. The second kappa shape index (κ2) is 9.69. The molecule has 0 bridgehead atoms. The Balaban J connectivity index is 2.02. The van der Waals surface area contributed by atoms with Crippen LogP contribution in [0.25, 0.3) is 0 Å². The van der Waals surface area contributed by atoms with E-state index in [0.717, 1.165) is 28.0 Å². The van der Waals surface area contributed by atoms with Crippen molar-refractivity contribution in [2.45, 2.75) is 58.3 Å². The highest BCUT2D eigenvalue weighted by Gasteiger charge is 2.30. The van der Waals surface area contributed by atoms with E-state index in [2.05, 4.69) is 15.2 Å². The molecule has 8 nitrogen and oxygen atoms in total. The van der Waals surface area contributed by atoms with E-state index in [9.17, 15) is 18.3 Å². The van der Waals surface area contributed by atoms with E-state index >= 15 is 0 Å². The van der Waals surface area contributed by atoms with Gasteiger partial charge in [0.2, 0.25) is 0 Å². The van der Waals surface area contributed by atoms with Gasteiger partial charge in [-0.2, -0.15) is 0 Å². The summed E-state index contributed by atoms with van der Waals surface area (Å²) in [6, 6.07) is 5.35. The van der Waals surface area contributed by atoms with Crippen molar-refractivity contribution in [3.63, 3.8) is 0 Å². The third kappa shape index (κ3) is 5.30. The fourth-order valence-corrected chi connectivity index (χ4v) is 6.36. The van der Waals surface area contributed by atoms with Crippen molar-refractivity contribution in [2.75, 3.05) is 16.6 Å². The van der Waals surface area contributed by atoms with E-state index in [4.69, 9.17) is 16.1 Å². The zero-order valence-electron chi connectivity index (χ0n) is 19.9. The molecule has 1 amide bonds. The van der Waals surface area contributed by atoms with E-state index in [0.29, 0.717) is 22.7 Å². The number of carbonyl (C=O) groups excluding carboxylic acids is 1. The van der Waals surface area contributed by atoms with Crippen LogP contribution in [-0.2, 0) is 15.4 Å². The molecule has 2 aromatic heterocycles. The van der Waals surface area contributed by atoms with Gasteiger partial charge in [0, 0.05) is 17.2 Å². The first-order valence-electron chi connectivity index (χ1n) is 10.6. The summed E-state index contributed by atoms with van der Waals surface area (Å²) in [5.74, 6) is -0.761. The molecule has 0 aliphatic rings. The molecule has 0 unspecified atom stereocenters. The number of aliphatic hydroxyl groups excluding tert-OH is 1. The Hall–Kier alpha value is -2.40. The number of aliphatic hydroxyl groups is 1. The summed E-state index contributed by atoms with van der Waals surface area (Å²) in [5.41, 5.74) is 3.25. The molecule has 2 heterocycles. The molecule has 0 aliphatic heterocycles. The van der Waals surface area contributed by atoms with Gasteiger partial charge in [-0.3, -0.25) is 4.79 Å². The summed E-state index contributed by atoms with van der Waals surface area (Å²) in [6.45, 7) is 11.1. The monoisotopic (exact) mass is 525 g/mol. The standard InChI is InChI=1S/C23H28ClN3O5S2/c1-12-9-13(2)19(16(10-12)23(5,6)7-8-28)25-21(29)20-17(11-14(3)33-20)34(30,31)27-22-18(24)15(4)26-32-22/h9-11,27-28H,7-8H2,1-6H3,(H,25,29). The topological polar surface area (TPSA) is 122 Å². The fraction of sp³-hybridized carbons (Fsp3) is 0.391. The van der Waals surface area contributed by atoms with Gasteiger partial charge in [0.25, 0.3) is 21.8 Å². The van der Waals surface area contributed by atoms with Crippen LogP contribution in [0.4, 0.5) is 11.6 Å². The Kier molecular flexibility index (Phi) is 7.47. The Morgan fingerprint density at radius 3 is 2.47 bits per heavy atom. The molecule has 1 aromatic carbocycles. The predicted octanol–water partition coefficient (Wildman–Crippen LogP) is 5.34. The van der Waals surface area contributed by atoms with Crippen molar-refractivity contribution >= 4 is 50.4 Å². The fourth-order valence-electron chi connectivity index (χ4n) is 3.70. The van der Waals surface area contributed by atoms with Crippen molar-refractivity contribution in [1.29, 1.82) is 0 Å². The first-order valence-corrected chi connectivity index (χ1v) is 13.2. The summed E-state index contributed by atoms with van der Waals surface area (Å²) in [7, 11) is -4.19. The lowest BCUT2D eigenvalue weighted by molar-refractivity contribution is 0.102. The van der Waals surface area contributed by atoms with Crippen LogP contribution < -0.4 is 10.0 Å². The van der Waals surface area contributed by atoms with Crippen LogP contribution in [-0.4, -0.2) is 31.2 Å². The summed E-state index contributed by atoms with van der Waals surface area (Å²) in [4.78, 5) is 13.9. The molecule has 0 spiro atoms. The number of amides is 1. The van der Waals surface area contributed by atoms with Crippen LogP contribution in [0.5, 0.6) is 0 Å². The van der Waals surface area contributed by atoms with E-state index in [1.807, 2.05) is 39.8 Å². The van der Waals surface area contributed by atoms with Gasteiger partial charge in [0.1, 0.15) is 20.5 Å². The molecule has 0 saturated heterocycles. The number of sulfonamides is 1. The van der Waals surface area contributed by atoms with E-state index in [-0.39, 0.29) is 27.3 Å². The van der Waals surface area contributed by atoms with Gasteiger partial charge in [-0.1, -0.05) is 48.3 Å². The largest absolute Gasteiger partial charge is 0.396 e. The number of aryl methyl sites for hydroxylation is 4. The predicted molar refractivity (Wildman–Crippen MR) is 135 cm³/mol. The van der Waals surface area contributed by atoms with Gasteiger partial charge < -0.3 is 14.9 Å². The molecule has 0 atom stereocenters. The lowest BCUT2D eigenvalue weighted by atomic mass is 9.79. The van der Waals surface area contributed by atoms with Gasteiger partial charge in [0.15, 0.2) is 0 Å². The maximum Gasteiger partial charge on any atom is 0.267 e. The third-order valence-electron chi connectivity index (χ3n) is 5.52. The number of aromatic nitrogens is 1. The molecule has 0 aliphatic carbocycles. The molecule has 3 rings (SSSR count). The van der Waals surface area contributed by atoms with Gasteiger partial charge in [-0.05, 0) is 56.7 Å². The molecule has 0 saturated carbocycles. The van der Waals surface area contributed by atoms with Crippen LogP contribution in [0.2, 0.25) is 5.02 Å². The van der Waals surface area contributed by atoms with Crippen LogP contribution >= 0.6 is 22.9 Å². The highest BCUT2D eigenvalue weighted by Crippen LogP contribution is 2.37. The first-order chi connectivity index (χ1) is 15.8. The van der Waals surface area contributed by atoms with Crippen molar-refractivity contribution in [3.05, 3.63) is 55.4 Å². The Morgan fingerprint density at radius 1 is 1.21 bits per heavy atom. The minimum atomic E-state index is -4.19. The normalized spacial score (nSPS) is 12.1. The zero-order valence-corrected chi connectivity index (χ0v) is 22.3. The van der Waals surface area contributed by atoms with Gasteiger partial charge in [-0.25, -0.2) is 13.1 Å². The Labute approximate surface area is 208 Å². The number of benzene rings is 1. The van der Waals surface area contributed by atoms with Crippen LogP contribution in [0, 0.1) is 27.7 Å². The summed E-state index contributed by atoms with van der Waals surface area (Å²) in [6.07, 6.45) is 0.498. The average Bonchev–Trinajstić information content (AvgIpc) is 3.27. The second-order valence-electron chi connectivity index (χ2n) is 8.88. The number of halogens is 1. The molecular formula is C23H28ClN3O5S2. The van der Waals surface area contributed by atoms with Gasteiger partial charge >= 0.3 is 0 Å². The third-order valence-corrected chi connectivity index (χ3v) is 8.50. The molecule has 0 radical (unpaired) electrons. The Morgan fingerprint density at radius 2 is 1.88 bits per heavy atom. The molecule has 0 fully saturated rings. The van der Waals surface area contributed by atoms with Crippen molar-refractivity contribution < 1.29 is 22.8 Å². The number of carbonyl (C=O) groups is 1. The highest BCUT2D eigenvalue weighted by molar-refractivity contribution is 7.93. The summed E-state index contributed by atoms with van der Waals surface area (Å²) < 4.78 is 33.5. The quantitative estimate of drug-likeness (QED) is 0.365. The summed E-state index contributed by atoms with van der Waals surface area (Å²) >= 11 is 7.13. The minimum Gasteiger partial charge on any atom is -0.396 e. The number of rotatable bonds is 8. The van der Waals surface area contributed by atoms with Crippen molar-refractivity contribution in [1.82, 2.24) is 5.16 Å². The maximum atomic E-state index is 13.4. The van der Waals surface area contributed by atoms with E-state index in [1.165, 1.54) is 6.07 Å². The van der Waals surface area contributed by atoms with Crippen LogP contribution in [0.1, 0.15) is 57.2 Å². The first kappa shape index (κ1) is 26.2. The van der Waals surface area contributed by atoms with Crippen molar-refractivity contribution in [2.24, 2.45) is 0 Å². The van der Waals surface area contributed by atoms with Gasteiger partial charge in [-0.15, -0.1) is 11.3 Å².